The molecule has 1 aromatic rings. The molecule has 0 radical (unpaired) electrons. The van der Waals surface area contributed by atoms with E-state index in [4.69, 9.17) is 9.47 Å². The van der Waals surface area contributed by atoms with Gasteiger partial charge in [0.05, 0.1) is 6.61 Å². The van der Waals surface area contributed by atoms with Gasteiger partial charge in [-0.1, -0.05) is 11.3 Å². The van der Waals surface area contributed by atoms with Crippen molar-refractivity contribution in [2.45, 2.75) is 33.3 Å². The number of nitrogens with zero attached hydrogens (tertiary/aromatic N) is 2. The van der Waals surface area contributed by atoms with Crippen LogP contribution >= 0.6 is 11.3 Å². The molecule has 0 saturated carbocycles. The second kappa shape index (κ2) is 6.48. The largest absolute Gasteiger partial charge is 0.459 e. The average Bonchev–Trinajstić information content (AvgIpc) is 2.70. The summed E-state index contributed by atoms with van der Waals surface area (Å²) in [6.07, 6.45) is -0.871. The highest BCUT2D eigenvalue weighted by molar-refractivity contribution is 7.18. The van der Waals surface area contributed by atoms with Crippen LogP contribution in [0.25, 0.3) is 0 Å². The smallest absolute Gasteiger partial charge is 0.413 e. The van der Waals surface area contributed by atoms with Crippen LogP contribution < -0.4 is 5.32 Å². The van der Waals surface area contributed by atoms with Crippen LogP contribution in [-0.2, 0) is 9.47 Å². The van der Waals surface area contributed by atoms with Crippen LogP contribution in [0.15, 0.2) is 0 Å². The molecule has 0 aliphatic rings. The molecule has 1 heterocycles. The molecular weight excluding hydrogens is 302 g/mol. The summed E-state index contributed by atoms with van der Waals surface area (Å²) in [5.74, 6) is -1.42. The van der Waals surface area contributed by atoms with E-state index in [9.17, 15) is 19.7 Å². The Morgan fingerprint density at radius 3 is 2.52 bits per heavy atom. The molecule has 0 aliphatic carbocycles. The van der Waals surface area contributed by atoms with E-state index in [1.165, 1.54) is 0 Å². The van der Waals surface area contributed by atoms with Crippen molar-refractivity contribution in [3.63, 3.8) is 0 Å². The molecular formula is C11H15N3O6S. The molecule has 1 N–H and O–H groups in total. The van der Waals surface area contributed by atoms with Gasteiger partial charge in [0.15, 0.2) is 0 Å². The summed E-state index contributed by atoms with van der Waals surface area (Å²) in [5, 5.41) is 12.7. The van der Waals surface area contributed by atoms with Gasteiger partial charge >= 0.3 is 22.9 Å². The number of nitro groups is 1. The first kappa shape index (κ1) is 16.8. The minimum atomic E-state index is -0.871. The van der Waals surface area contributed by atoms with Crippen molar-refractivity contribution in [3.05, 3.63) is 15.1 Å². The molecule has 0 fully saturated rings. The van der Waals surface area contributed by atoms with Gasteiger partial charge in [0, 0.05) is 0 Å². The summed E-state index contributed by atoms with van der Waals surface area (Å²) in [6, 6.07) is 0. The number of amides is 1. The Hall–Kier alpha value is -2.23. The Kier molecular flexibility index (Phi) is 5.19. The second-order valence-corrected chi connectivity index (χ2v) is 5.78. The highest BCUT2D eigenvalue weighted by Gasteiger charge is 2.30. The van der Waals surface area contributed by atoms with Crippen LogP contribution in [0, 0.1) is 10.1 Å². The molecule has 0 unspecified atom stereocenters. The summed E-state index contributed by atoms with van der Waals surface area (Å²) >= 11 is 0.651. The monoisotopic (exact) mass is 317 g/mol. The van der Waals surface area contributed by atoms with Crippen LogP contribution in [0.4, 0.5) is 15.6 Å². The van der Waals surface area contributed by atoms with Gasteiger partial charge in [0.1, 0.15) is 5.60 Å². The van der Waals surface area contributed by atoms with E-state index in [1.54, 1.807) is 27.7 Å². The minimum absolute atomic E-state index is 0.112. The van der Waals surface area contributed by atoms with Crippen molar-refractivity contribution in [1.29, 1.82) is 0 Å². The molecule has 9 nitrogen and oxygen atoms in total. The van der Waals surface area contributed by atoms with Crippen molar-refractivity contribution in [2.75, 3.05) is 11.9 Å². The Bertz CT molecular complexity index is 563. The molecule has 116 valence electrons. The van der Waals surface area contributed by atoms with Crippen molar-refractivity contribution in [3.8, 4) is 0 Å². The molecule has 0 aliphatic heterocycles. The van der Waals surface area contributed by atoms with Crippen molar-refractivity contribution in [1.82, 2.24) is 4.98 Å². The Morgan fingerprint density at radius 1 is 1.43 bits per heavy atom. The van der Waals surface area contributed by atoms with Gasteiger partial charge in [-0.15, -0.1) is 0 Å². The predicted molar refractivity (Wildman–Crippen MR) is 74.6 cm³/mol. The molecule has 0 bridgehead atoms. The highest BCUT2D eigenvalue weighted by atomic mass is 32.1. The third-order valence-corrected chi connectivity index (χ3v) is 2.79. The fourth-order valence-electron chi connectivity index (χ4n) is 1.19. The number of ether oxygens (including phenoxy) is 2. The number of hydrogen-bond donors (Lipinski definition) is 1. The van der Waals surface area contributed by atoms with E-state index in [1.807, 2.05) is 0 Å². The van der Waals surface area contributed by atoms with E-state index >= 15 is 0 Å². The Morgan fingerprint density at radius 2 is 2.05 bits per heavy atom. The van der Waals surface area contributed by atoms with E-state index in [0.717, 1.165) is 0 Å². The third kappa shape index (κ3) is 4.99. The van der Waals surface area contributed by atoms with Crippen LogP contribution in [0.1, 0.15) is 37.5 Å². The molecule has 1 rings (SSSR count). The van der Waals surface area contributed by atoms with E-state index in [0.29, 0.717) is 11.3 Å². The standard InChI is InChI=1S/C11H15N3O6S/c1-5-19-9(15)8-12-6(14(17)18)7(21-8)13-10(16)20-11(2,3)4/h5H2,1-4H3,(H,13,16). The zero-order chi connectivity index (χ0) is 16.2. The zero-order valence-corrected chi connectivity index (χ0v) is 12.8. The first-order valence-electron chi connectivity index (χ1n) is 5.96. The average molecular weight is 317 g/mol. The maximum atomic E-state index is 11.6. The van der Waals surface area contributed by atoms with Crippen LogP contribution in [-0.4, -0.2) is 34.2 Å². The second-order valence-electron chi connectivity index (χ2n) is 4.78. The molecule has 0 spiro atoms. The Labute approximate surface area is 124 Å². The number of nitrogens with one attached hydrogen (secondary N) is 1. The number of thiazole rings is 1. The van der Waals surface area contributed by atoms with Crippen LogP contribution in [0.2, 0.25) is 0 Å². The van der Waals surface area contributed by atoms with Crippen molar-refractivity contribution < 1.29 is 24.0 Å². The van der Waals surface area contributed by atoms with Crippen molar-refractivity contribution in [2.24, 2.45) is 0 Å². The normalized spacial score (nSPS) is 10.9. The van der Waals surface area contributed by atoms with E-state index in [2.05, 4.69) is 10.3 Å². The van der Waals surface area contributed by atoms with Gasteiger partial charge in [-0.2, -0.15) is 0 Å². The van der Waals surface area contributed by atoms with Crippen LogP contribution in [0.3, 0.4) is 0 Å². The lowest BCUT2D eigenvalue weighted by atomic mass is 10.2. The number of aromatic nitrogens is 1. The summed E-state index contributed by atoms with van der Waals surface area (Å²) in [6.45, 7) is 6.66. The first-order chi connectivity index (χ1) is 9.64. The molecule has 0 aromatic carbocycles. The topological polar surface area (TPSA) is 121 Å². The summed E-state index contributed by atoms with van der Waals surface area (Å²) in [7, 11) is 0. The molecule has 0 saturated heterocycles. The lowest BCUT2D eigenvalue weighted by Gasteiger charge is -2.18. The fourth-order valence-corrected chi connectivity index (χ4v) is 2.01. The number of anilines is 1. The molecule has 0 atom stereocenters. The molecule has 21 heavy (non-hydrogen) atoms. The number of carbonyl (C=O) groups excluding carboxylic acids is 2. The summed E-state index contributed by atoms with van der Waals surface area (Å²) in [5.41, 5.74) is -0.756. The highest BCUT2D eigenvalue weighted by Crippen LogP contribution is 2.31. The molecule has 10 heteroatoms. The summed E-state index contributed by atoms with van der Waals surface area (Å²) < 4.78 is 9.69. The third-order valence-electron chi connectivity index (χ3n) is 1.85. The lowest BCUT2D eigenvalue weighted by molar-refractivity contribution is -0.388. The molecule has 1 amide bonds. The number of rotatable bonds is 4. The van der Waals surface area contributed by atoms with Gasteiger partial charge < -0.3 is 19.6 Å². The SMILES string of the molecule is CCOC(=O)c1nc([N+](=O)[O-])c(NC(=O)OC(C)(C)C)s1. The molecule has 1 aromatic heterocycles. The zero-order valence-electron chi connectivity index (χ0n) is 12.0. The van der Waals surface area contributed by atoms with Crippen molar-refractivity contribution >= 4 is 34.2 Å². The van der Waals surface area contributed by atoms with E-state index < -0.39 is 28.4 Å². The number of hydrogen-bond acceptors (Lipinski definition) is 8. The van der Waals surface area contributed by atoms with Gasteiger partial charge in [0.2, 0.25) is 5.00 Å². The van der Waals surface area contributed by atoms with Gasteiger partial charge in [0.25, 0.3) is 0 Å². The maximum Gasteiger partial charge on any atom is 0.413 e. The number of esters is 1. The summed E-state index contributed by atoms with van der Waals surface area (Å²) in [4.78, 5) is 36.8. The van der Waals surface area contributed by atoms with Gasteiger partial charge in [-0.3, -0.25) is 5.32 Å². The van der Waals surface area contributed by atoms with Gasteiger partial charge in [-0.05, 0) is 37.6 Å². The van der Waals surface area contributed by atoms with E-state index in [-0.39, 0.29) is 16.6 Å². The first-order valence-corrected chi connectivity index (χ1v) is 6.78. The quantitative estimate of drug-likeness (QED) is 0.514. The minimum Gasteiger partial charge on any atom is -0.459 e. The number of carbonyl (C=O) groups is 2. The van der Waals surface area contributed by atoms with Gasteiger partial charge in [-0.25, -0.2) is 9.59 Å². The lowest BCUT2D eigenvalue weighted by Crippen LogP contribution is -2.27. The fraction of sp³-hybridized carbons (Fsp3) is 0.545. The maximum absolute atomic E-state index is 11.6. The Balaban J connectivity index is 2.97. The van der Waals surface area contributed by atoms with Crippen LogP contribution in [0.5, 0.6) is 0 Å². The predicted octanol–water partition coefficient (Wildman–Crippen LogP) is 2.58.